The maximum Gasteiger partial charge on any atom is 0.123 e. The van der Waals surface area contributed by atoms with Gasteiger partial charge in [0.15, 0.2) is 0 Å². The third kappa shape index (κ3) is 3.94. The van der Waals surface area contributed by atoms with Crippen molar-refractivity contribution in [2.24, 2.45) is 5.73 Å². The number of hydrogen-bond donors (Lipinski definition) is 2. The van der Waals surface area contributed by atoms with E-state index in [2.05, 4.69) is 0 Å². The van der Waals surface area contributed by atoms with Crippen molar-refractivity contribution in [2.75, 3.05) is 5.75 Å². The third-order valence-corrected chi connectivity index (χ3v) is 2.47. The van der Waals surface area contributed by atoms with Crippen LogP contribution in [0.3, 0.4) is 0 Å². The van der Waals surface area contributed by atoms with Crippen LogP contribution in [-0.4, -0.2) is 11.6 Å². The zero-order valence-electron chi connectivity index (χ0n) is 7.09. The molecule has 0 aliphatic carbocycles. The zero-order chi connectivity index (χ0) is 9.68. The summed E-state index contributed by atoms with van der Waals surface area (Å²) in [6.45, 7) is 0. The lowest BCUT2D eigenvalue weighted by Crippen LogP contribution is -2.09. The second-order valence-corrected chi connectivity index (χ2v) is 3.75. The Balaban J connectivity index is 2.37. The summed E-state index contributed by atoms with van der Waals surface area (Å²) in [7, 11) is 0. The fourth-order valence-electron chi connectivity index (χ4n) is 0.810. The van der Waals surface area contributed by atoms with Crippen molar-refractivity contribution in [1.29, 1.82) is 5.41 Å². The van der Waals surface area contributed by atoms with Crippen LogP contribution in [0.4, 0.5) is 4.39 Å². The molecule has 0 spiro atoms. The van der Waals surface area contributed by atoms with Gasteiger partial charge in [-0.25, -0.2) is 4.39 Å². The molecule has 2 nitrogen and oxygen atoms in total. The van der Waals surface area contributed by atoms with E-state index in [1.54, 1.807) is 23.9 Å². The molecule has 1 aromatic rings. The van der Waals surface area contributed by atoms with Crippen molar-refractivity contribution >= 4 is 17.6 Å². The van der Waals surface area contributed by atoms with Crippen LogP contribution in [-0.2, 0) is 0 Å². The molecular weight excluding hydrogens is 187 g/mol. The topological polar surface area (TPSA) is 49.9 Å². The minimum atomic E-state index is -0.226. The van der Waals surface area contributed by atoms with Gasteiger partial charge in [-0.05, 0) is 24.3 Å². The molecule has 13 heavy (non-hydrogen) atoms. The Morgan fingerprint density at radius 2 is 2.00 bits per heavy atom. The average Bonchev–Trinajstić information content (AvgIpc) is 2.08. The summed E-state index contributed by atoms with van der Waals surface area (Å²) in [5, 5.41) is 7.00. The van der Waals surface area contributed by atoms with Crippen molar-refractivity contribution < 1.29 is 4.39 Å². The third-order valence-electron chi connectivity index (χ3n) is 1.45. The molecule has 0 aromatic heterocycles. The highest BCUT2D eigenvalue weighted by molar-refractivity contribution is 7.99. The molecule has 0 heterocycles. The van der Waals surface area contributed by atoms with E-state index in [-0.39, 0.29) is 11.7 Å². The Bertz CT molecular complexity index is 284. The largest absolute Gasteiger partial charge is 0.388 e. The van der Waals surface area contributed by atoms with E-state index in [9.17, 15) is 4.39 Å². The Labute approximate surface area is 80.8 Å². The van der Waals surface area contributed by atoms with Crippen LogP contribution in [0.15, 0.2) is 29.2 Å². The van der Waals surface area contributed by atoms with Gasteiger partial charge in [-0.1, -0.05) is 0 Å². The predicted molar refractivity (Wildman–Crippen MR) is 53.7 cm³/mol. The fourth-order valence-corrected chi connectivity index (χ4v) is 1.70. The second-order valence-electron chi connectivity index (χ2n) is 2.58. The highest BCUT2D eigenvalue weighted by Gasteiger charge is 1.95. The summed E-state index contributed by atoms with van der Waals surface area (Å²) in [5.74, 6) is 0.728. The van der Waals surface area contributed by atoms with Gasteiger partial charge in [0.1, 0.15) is 5.82 Å². The first-order valence-corrected chi connectivity index (χ1v) is 4.88. The Morgan fingerprint density at radius 3 is 2.54 bits per heavy atom. The Morgan fingerprint density at radius 1 is 1.38 bits per heavy atom. The normalized spacial score (nSPS) is 9.92. The van der Waals surface area contributed by atoms with E-state index >= 15 is 0 Å². The van der Waals surface area contributed by atoms with E-state index in [1.165, 1.54) is 12.1 Å². The number of amidine groups is 1. The zero-order valence-corrected chi connectivity index (χ0v) is 7.90. The molecule has 0 bridgehead atoms. The van der Waals surface area contributed by atoms with Crippen LogP contribution in [0.25, 0.3) is 0 Å². The lowest BCUT2D eigenvalue weighted by molar-refractivity contribution is 0.626. The maximum atomic E-state index is 12.5. The van der Waals surface area contributed by atoms with E-state index < -0.39 is 0 Å². The van der Waals surface area contributed by atoms with Gasteiger partial charge in [-0.2, -0.15) is 0 Å². The second kappa shape index (κ2) is 4.87. The molecule has 1 aromatic carbocycles. The number of benzene rings is 1. The quantitative estimate of drug-likeness (QED) is 0.443. The van der Waals surface area contributed by atoms with Gasteiger partial charge in [0.05, 0.1) is 5.84 Å². The number of thioether (sulfide) groups is 1. The molecule has 0 amide bonds. The fraction of sp³-hybridized carbons (Fsp3) is 0.222. The number of halogens is 1. The molecule has 4 heteroatoms. The van der Waals surface area contributed by atoms with Gasteiger partial charge in [0, 0.05) is 17.1 Å². The number of rotatable bonds is 4. The Kier molecular flexibility index (Phi) is 3.76. The van der Waals surface area contributed by atoms with Gasteiger partial charge >= 0.3 is 0 Å². The highest BCUT2D eigenvalue weighted by atomic mass is 32.2. The molecule has 0 saturated carbocycles. The van der Waals surface area contributed by atoms with Crippen molar-refractivity contribution in [1.82, 2.24) is 0 Å². The van der Waals surface area contributed by atoms with Gasteiger partial charge in [-0.3, -0.25) is 5.41 Å². The lowest BCUT2D eigenvalue weighted by atomic mass is 10.4. The smallest absolute Gasteiger partial charge is 0.123 e. The van der Waals surface area contributed by atoms with Crippen LogP contribution < -0.4 is 5.73 Å². The first-order chi connectivity index (χ1) is 6.18. The minimum absolute atomic E-state index is 0.189. The van der Waals surface area contributed by atoms with Crippen LogP contribution in [0.5, 0.6) is 0 Å². The first kappa shape index (κ1) is 10.1. The monoisotopic (exact) mass is 198 g/mol. The average molecular weight is 198 g/mol. The number of nitrogens with one attached hydrogen (secondary N) is 1. The lowest BCUT2D eigenvalue weighted by Gasteiger charge is -1.99. The molecule has 0 unspecified atom stereocenters. The van der Waals surface area contributed by atoms with Gasteiger partial charge in [0.25, 0.3) is 0 Å². The van der Waals surface area contributed by atoms with Gasteiger partial charge < -0.3 is 5.73 Å². The first-order valence-electron chi connectivity index (χ1n) is 3.90. The number of nitrogens with two attached hydrogens (primary N) is 1. The van der Waals surface area contributed by atoms with E-state index in [4.69, 9.17) is 11.1 Å². The number of hydrogen-bond acceptors (Lipinski definition) is 2. The van der Waals surface area contributed by atoms with Crippen LogP contribution in [0.2, 0.25) is 0 Å². The summed E-state index contributed by atoms with van der Waals surface area (Å²) in [5.41, 5.74) is 5.19. The minimum Gasteiger partial charge on any atom is -0.388 e. The highest BCUT2D eigenvalue weighted by Crippen LogP contribution is 2.18. The molecule has 0 aliphatic rings. The van der Waals surface area contributed by atoms with Gasteiger partial charge in [-0.15, -0.1) is 11.8 Å². The van der Waals surface area contributed by atoms with E-state index in [0.29, 0.717) is 6.42 Å². The maximum absolute atomic E-state index is 12.5. The summed E-state index contributed by atoms with van der Waals surface area (Å²) in [6.07, 6.45) is 0.571. The molecule has 0 atom stereocenters. The molecule has 0 radical (unpaired) electrons. The molecule has 0 fully saturated rings. The SMILES string of the molecule is N=C(N)CCSc1ccc(F)cc1. The van der Waals surface area contributed by atoms with Crippen molar-refractivity contribution in [3.8, 4) is 0 Å². The molecule has 0 saturated heterocycles. The molecule has 1 rings (SSSR count). The van der Waals surface area contributed by atoms with Crippen LogP contribution in [0.1, 0.15) is 6.42 Å². The summed E-state index contributed by atoms with van der Waals surface area (Å²) in [6, 6.07) is 6.30. The Hall–Kier alpha value is -1.03. The van der Waals surface area contributed by atoms with Crippen molar-refractivity contribution in [2.45, 2.75) is 11.3 Å². The summed E-state index contributed by atoms with van der Waals surface area (Å²) >= 11 is 1.57. The van der Waals surface area contributed by atoms with Crippen molar-refractivity contribution in [3.05, 3.63) is 30.1 Å². The van der Waals surface area contributed by atoms with E-state index in [0.717, 1.165) is 10.6 Å². The molecule has 70 valence electrons. The van der Waals surface area contributed by atoms with Crippen molar-refractivity contribution in [3.63, 3.8) is 0 Å². The summed E-state index contributed by atoms with van der Waals surface area (Å²) in [4.78, 5) is 1.00. The van der Waals surface area contributed by atoms with Crippen LogP contribution >= 0.6 is 11.8 Å². The predicted octanol–water partition coefficient (Wildman–Crippen LogP) is 2.24. The van der Waals surface area contributed by atoms with Gasteiger partial charge in [0.2, 0.25) is 0 Å². The van der Waals surface area contributed by atoms with Crippen LogP contribution in [0, 0.1) is 11.2 Å². The molecular formula is C9H11FN2S. The summed E-state index contributed by atoms with van der Waals surface area (Å²) < 4.78 is 12.5. The standard InChI is InChI=1S/C9H11FN2S/c10-7-1-3-8(4-2-7)13-6-5-9(11)12/h1-4H,5-6H2,(H3,11,12). The molecule has 0 aliphatic heterocycles. The van der Waals surface area contributed by atoms with E-state index in [1.807, 2.05) is 0 Å². The molecule has 3 N–H and O–H groups in total.